The van der Waals surface area contributed by atoms with Crippen LogP contribution in [0, 0.1) is 13.8 Å². The molecule has 1 unspecified atom stereocenters. The highest BCUT2D eigenvalue weighted by atomic mass is 16.5. The molecule has 1 N–H and O–H groups in total. The Balaban J connectivity index is 1.82. The lowest BCUT2D eigenvalue weighted by atomic mass is 9.89. The minimum absolute atomic E-state index is 0.0841. The largest absolute Gasteiger partial charge is 0.493 e. The number of aryl methyl sites for hydroxylation is 2. The predicted octanol–water partition coefficient (Wildman–Crippen LogP) is 4.08. The SMILES string of the molecule is COc1cccc2c1O[C@]1(C)CC2NC(=O)N1c1ccc(C)c(C)c1. The molecule has 130 valence electrons. The number of nitrogens with zero attached hydrogens (tertiary/aromatic N) is 1. The van der Waals surface area contributed by atoms with Crippen LogP contribution >= 0.6 is 0 Å². The Morgan fingerprint density at radius 1 is 1.24 bits per heavy atom. The Labute approximate surface area is 147 Å². The molecule has 1 fully saturated rings. The number of hydrogen-bond donors (Lipinski definition) is 1. The van der Waals surface area contributed by atoms with Crippen molar-refractivity contribution in [2.75, 3.05) is 12.0 Å². The number of ether oxygens (including phenoxy) is 2. The van der Waals surface area contributed by atoms with Gasteiger partial charge < -0.3 is 14.8 Å². The van der Waals surface area contributed by atoms with Gasteiger partial charge in [0.25, 0.3) is 0 Å². The molecule has 4 rings (SSSR count). The number of fused-ring (bicyclic) bond motifs is 4. The molecule has 1 saturated heterocycles. The maximum Gasteiger partial charge on any atom is 0.325 e. The zero-order valence-electron chi connectivity index (χ0n) is 14.9. The molecular formula is C20H22N2O3. The maximum atomic E-state index is 12.9. The van der Waals surface area contributed by atoms with Gasteiger partial charge in [0.05, 0.1) is 13.2 Å². The van der Waals surface area contributed by atoms with E-state index in [0.29, 0.717) is 17.9 Å². The van der Waals surface area contributed by atoms with E-state index < -0.39 is 5.72 Å². The van der Waals surface area contributed by atoms with Gasteiger partial charge in [-0.2, -0.15) is 0 Å². The van der Waals surface area contributed by atoms with Crippen LogP contribution in [0.5, 0.6) is 11.5 Å². The van der Waals surface area contributed by atoms with Gasteiger partial charge in [0.2, 0.25) is 0 Å². The highest BCUT2D eigenvalue weighted by Gasteiger charge is 2.50. The first-order chi connectivity index (χ1) is 11.9. The van der Waals surface area contributed by atoms with Gasteiger partial charge in [-0.1, -0.05) is 18.2 Å². The van der Waals surface area contributed by atoms with E-state index >= 15 is 0 Å². The molecule has 0 radical (unpaired) electrons. The fourth-order valence-corrected chi connectivity index (χ4v) is 3.78. The standard InChI is InChI=1S/C20H22N2O3/c1-12-8-9-14(10-13(12)2)22-19(23)21-16-11-20(22,3)25-18-15(16)6-5-7-17(18)24-4/h5-10,16H,11H2,1-4H3,(H,21,23)/t16?,20-/m1/s1. The molecule has 2 bridgehead atoms. The van der Waals surface area contributed by atoms with E-state index in [0.717, 1.165) is 16.8 Å². The van der Waals surface area contributed by atoms with Gasteiger partial charge in [-0.15, -0.1) is 0 Å². The molecule has 0 spiro atoms. The molecule has 0 saturated carbocycles. The number of hydrogen-bond acceptors (Lipinski definition) is 3. The Bertz CT molecular complexity index is 864. The molecule has 2 aromatic rings. The van der Waals surface area contributed by atoms with Crippen LogP contribution in [0.3, 0.4) is 0 Å². The number of urea groups is 1. The average Bonchev–Trinajstić information content (AvgIpc) is 2.57. The Hall–Kier alpha value is -2.69. The number of rotatable bonds is 2. The molecule has 5 heteroatoms. The second-order valence-electron chi connectivity index (χ2n) is 6.97. The minimum Gasteiger partial charge on any atom is -0.493 e. The van der Waals surface area contributed by atoms with Crippen LogP contribution in [0.1, 0.15) is 36.1 Å². The van der Waals surface area contributed by atoms with Crippen molar-refractivity contribution in [2.24, 2.45) is 0 Å². The number of nitrogens with one attached hydrogen (secondary N) is 1. The van der Waals surface area contributed by atoms with Crippen LogP contribution in [0.2, 0.25) is 0 Å². The second-order valence-corrected chi connectivity index (χ2v) is 6.97. The van der Waals surface area contributed by atoms with Crippen LogP contribution in [-0.4, -0.2) is 18.9 Å². The smallest absolute Gasteiger partial charge is 0.325 e. The third-order valence-electron chi connectivity index (χ3n) is 5.23. The first kappa shape index (κ1) is 15.8. The van der Waals surface area contributed by atoms with Crippen LogP contribution in [0.25, 0.3) is 0 Å². The van der Waals surface area contributed by atoms with E-state index in [9.17, 15) is 4.79 Å². The quantitative estimate of drug-likeness (QED) is 0.897. The molecule has 5 nitrogen and oxygen atoms in total. The zero-order valence-corrected chi connectivity index (χ0v) is 14.9. The molecule has 2 amide bonds. The first-order valence-corrected chi connectivity index (χ1v) is 8.47. The number of amides is 2. The molecule has 25 heavy (non-hydrogen) atoms. The highest BCUT2D eigenvalue weighted by Crippen LogP contribution is 2.49. The lowest BCUT2D eigenvalue weighted by molar-refractivity contribution is 0.0349. The summed E-state index contributed by atoms with van der Waals surface area (Å²) in [5, 5.41) is 3.11. The highest BCUT2D eigenvalue weighted by molar-refractivity contribution is 5.95. The van der Waals surface area contributed by atoms with Crippen LogP contribution < -0.4 is 19.7 Å². The number of para-hydroxylation sites is 1. The van der Waals surface area contributed by atoms with Gasteiger partial charge in [0, 0.05) is 17.7 Å². The van der Waals surface area contributed by atoms with Crippen LogP contribution in [-0.2, 0) is 0 Å². The summed E-state index contributed by atoms with van der Waals surface area (Å²) in [5.41, 5.74) is 3.37. The summed E-state index contributed by atoms with van der Waals surface area (Å²) >= 11 is 0. The predicted molar refractivity (Wildman–Crippen MR) is 96.3 cm³/mol. The van der Waals surface area contributed by atoms with Crippen molar-refractivity contribution in [3.8, 4) is 11.5 Å². The second kappa shape index (κ2) is 5.41. The van der Waals surface area contributed by atoms with E-state index in [1.54, 1.807) is 12.0 Å². The van der Waals surface area contributed by atoms with Crippen molar-refractivity contribution in [1.29, 1.82) is 0 Å². The minimum atomic E-state index is -0.768. The van der Waals surface area contributed by atoms with Gasteiger partial charge in [0.15, 0.2) is 17.2 Å². The normalized spacial score (nSPS) is 24.2. The Kier molecular flexibility index (Phi) is 3.42. The molecule has 2 aromatic carbocycles. The summed E-state index contributed by atoms with van der Waals surface area (Å²) < 4.78 is 11.8. The van der Waals surface area contributed by atoms with Crippen molar-refractivity contribution in [3.63, 3.8) is 0 Å². The summed E-state index contributed by atoms with van der Waals surface area (Å²) in [6.07, 6.45) is 0.672. The van der Waals surface area contributed by atoms with Gasteiger partial charge in [-0.3, -0.25) is 4.90 Å². The van der Waals surface area contributed by atoms with Gasteiger partial charge >= 0.3 is 6.03 Å². The van der Waals surface area contributed by atoms with Gasteiger partial charge in [-0.25, -0.2) is 4.79 Å². The summed E-state index contributed by atoms with van der Waals surface area (Å²) in [6.45, 7) is 6.07. The van der Waals surface area contributed by atoms with Crippen molar-refractivity contribution in [2.45, 2.75) is 39.0 Å². The van der Waals surface area contributed by atoms with Gasteiger partial charge in [0.1, 0.15) is 0 Å². The lowest BCUT2D eigenvalue weighted by Gasteiger charge is -2.50. The molecule has 2 aliphatic heterocycles. The van der Waals surface area contributed by atoms with E-state index in [1.165, 1.54) is 5.56 Å². The molecule has 0 aromatic heterocycles. The third kappa shape index (κ3) is 2.34. The molecule has 0 aliphatic carbocycles. The monoisotopic (exact) mass is 338 g/mol. The Morgan fingerprint density at radius 3 is 2.76 bits per heavy atom. The molecular weight excluding hydrogens is 316 g/mol. The number of carbonyl (C=O) groups excluding carboxylic acids is 1. The fraction of sp³-hybridized carbons (Fsp3) is 0.350. The molecule has 2 heterocycles. The van der Waals surface area contributed by atoms with E-state index in [1.807, 2.05) is 50.2 Å². The molecule has 2 aliphatic rings. The van der Waals surface area contributed by atoms with Crippen molar-refractivity contribution < 1.29 is 14.3 Å². The number of methoxy groups -OCH3 is 1. The average molecular weight is 338 g/mol. The third-order valence-corrected chi connectivity index (χ3v) is 5.23. The van der Waals surface area contributed by atoms with Crippen LogP contribution in [0.4, 0.5) is 10.5 Å². The lowest BCUT2D eigenvalue weighted by Crippen LogP contribution is -2.65. The maximum absolute atomic E-state index is 12.9. The fourth-order valence-electron chi connectivity index (χ4n) is 3.78. The van der Waals surface area contributed by atoms with E-state index in [4.69, 9.17) is 9.47 Å². The summed E-state index contributed by atoms with van der Waals surface area (Å²) in [6, 6.07) is 11.6. The summed E-state index contributed by atoms with van der Waals surface area (Å²) in [4.78, 5) is 14.6. The van der Waals surface area contributed by atoms with Crippen molar-refractivity contribution in [1.82, 2.24) is 5.32 Å². The zero-order chi connectivity index (χ0) is 17.8. The topological polar surface area (TPSA) is 50.8 Å². The van der Waals surface area contributed by atoms with Crippen molar-refractivity contribution in [3.05, 3.63) is 53.1 Å². The van der Waals surface area contributed by atoms with E-state index in [-0.39, 0.29) is 12.1 Å². The first-order valence-electron chi connectivity index (χ1n) is 8.47. The number of anilines is 1. The summed E-state index contributed by atoms with van der Waals surface area (Å²) in [5.74, 6) is 1.39. The van der Waals surface area contributed by atoms with E-state index in [2.05, 4.69) is 12.2 Å². The molecule has 2 atom stereocenters. The number of carbonyl (C=O) groups is 1. The summed E-state index contributed by atoms with van der Waals surface area (Å²) in [7, 11) is 1.63. The number of benzene rings is 2. The van der Waals surface area contributed by atoms with Crippen molar-refractivity contribution >= 4 is 11.7 Å². The van der Waals surface area contributed by atoms with Crippen LogP contribution in [0.15, 0.2) is 36.4 Å². The van der Waals surface area contributed by atoms with Gasteiger partial charge in [-0.05, 0) is 50.1 Å². The Morgan fingerprint density at radius 2 is 2.04 bits per heavy atom.